The summed E-state index contributed by atoms with van der Waals surface area (Å²) >= 11 is 0. The molecular formula is C18H18O7. The molecule has 0 aromatic heterocycles. The van der Waals surface area contributed by atoms with E-state index in [1.807, 2.05) is 0 Å². The molecule has 132 valence electrons. The van der Waals surface area contributed by atoms with E-state index in [9.17, 15) is 20.1 Å². The third-order valence-electron chi connectivity index (χ3n) is 4.30. The van der Waals surface area contributed by atoms with Crippen LogP contribution >= 0.6 is 0 Å². The first-order valence-corrected chi connectivity index (χ1v) is 7.58. The van der Waals surface area contributed by atoms with Gasteiger partial charge in [-0.3, -0.25) is 4.79 Å². The second kappa shape index (κ2) is 6.08. The molecule has 0 fully saturated rings. The topological polar surface area (TPSA) is 105 Å². The molecule has 1 atom stereocenters. The molecule has 7 nitrogen and oxygen atoms in total. The van der Waals surface area contributed by atoms with Gasteiger partial charge in [0.1, 0.15) is 17.4 Å². The number of rotatable bonds is 3. The number of carbonyl (C=O) groups is 1. The summed E-state index contributed by atoms with van der Waals surface area (Å²) in [6.07, 6.45) is -0.651. The second-order valence-electron chi connectivity index (χ2n) is 5.72. The maximum Gasteiger partial charge on any atom is 0.201 e. The molecule has 3 rings (SSSR count). The van der Waals surface area contributed by atoms with E-state index in [1.165, 1.54) is 21.1 Å². The lowest BCUT2D eigenvalue weighted by Gasteiger charge is -2.28. The minimum atomic E-state index is -0.724. The van der Waals surface area contributed by atoms with Crippen molar-refractivity contribution in [2.45, 2.75) is 19.4 Å². The predicted octanol–water partition coefficient (Wildman–Crippen LogP) is 2.84. The number of Topliss-reactive ketones (excluding diaryl/α,β-unsaturated/α-hetero) is 1. The van der Waals surface area contributed by atoms with Crippen molar-refractivity contribution in [2.75, 3.05) is 14.2 Å². The number of aromatic hydroxyl groups is 3. The number of ether oxygens (including phenoxy) is 3. The van der Waals surface area contributed by atoms with E-state index >= 15 is 0 Å². The molecule has 1 heterocycles. The van der Waals surface area contributed by atoms with Crippen LogP contribution in [0.3, 0.4) is 0 Å². The number of phenolic OH excluding ortho intramolecular Hbond substituents is 3. The molecule has 2 aromatic rings. The Bertz CT molecular complexity index is 857. The highest BCUT2D eigenvalue weighted by Gasteiger charge is 2.35. The van der Waals surface area contributed by atoms with Gasteiger partial charge < -0.3 is 29.5 Å². The second-order valence-corrected chi connectivity index (χ2v) is 5.72. The Morgan fingerprint density at radius 3 is 2.36 bits per heavy atom. The van der Waals surface area contributed by atoms with Crippen molar-refractivity contribution in [1.29, 1.82) is 0 Å². The van der Waals surface area contributed by atoms with Gasteiger partial charge in [-0.05, 0) is 24.6 Å². The summed E-state index contributed by atoms with van der Waals surface area (Å²) in [6.45, 7) is 1.50. The Morgan fingerprint density at radius 1 is 1.04 bits per heavy atom. The normalized spacial score (nSPS) is 16.1. The number of hydrogen-bond donors (Lipinski definition) is 3. The highest BCUT2D eigenvalue weighted by Crippen LogP contribution is 2.50. The molecule has 1 aliphatic heterocycles. The Hall–Kier alpha value is -3.09. The molecule has 0 radical (unpaired) electrons. The summed E-state index contributed by atoms with van der Waals surface area (Å²) in [4.78, 5) is 12.5. The lowest BCUT2D eigenvalue weighted by Crippen LogP contribution is -2.21. The van der Waals surface area contributed by atoms with Crippen LogP contribution in [0.1, 0.15) is 34.0 Å². The Kier molecular flexibility index (Phi) is 4.08. The van der Waals surface area contributed by atoms with Crippen molar-refractivity contribution in [1.82, 2.24) is 0 Å². The number of ketones is 1. The summed E-state index contributed by atoms with van der Waals surface area (Å²) in [5, 5.41) is 29.6. The zero-order valence-electron chi connectivity index (χ0n) is 14.0. The summed E-state index contributed by atoms with van der Waals surface area (Å²) in [6, 6.07) is 5.16. The fraction of sp³-hybridized carbons (Fsp3) is 0.278. The third-order valence-corrected chi connectivity index (χ3v) is 4.30. The molecule has 0 spiro atoms. The standard InChI is InChI=1S/C18H18O7/c1-8-15(20)17(22)16(21)14-10(19)7-12(25-18(8)14)9-4-5-11(23-2)13(6-9)24-3/h4-6,12,20-22H,7H2,1-3H3/t12-/m1/s1. The average Bonchev–Trinajstić information content (AvgIpc) is 2.63. The molecule has 0 aliphatic carbocycles. The van der Waals surface area contributed by atoms with Crippen LogP contribution in [0.2, 0.25) is 0 Å². The lowest BCUT2D eigenvalue weighted by atomic mass is 9.93. The maximum atomic E-state index is 12.5. The van der Waals surface area contributed by atoms with Gasteiger partial charge in [-0.25, -0.2) is 0 Å². The number of benzene rings is 2. The van der Waals surface area contributed by atoms with E-state index in [-0.39, 0.29) is 23.3 Å². The molecule has 0 saturated carbocycles. The van der Waals surface area contributed by atoms with Crippen molar-refractivity contribution < 1.29 is 34.3 Å². The third kappa shape index (κ3) is 2.57. The van der Waals surface area contributed by atoms with E-state index < -0.39 is 29.1 Å². The van der Waals surface area contributed by atoms with Crippen molar-refractivity contribution in [3.63, 3.8) is 0 Å². The predicted molar refractivity (Wildman–Crippen MR) is 88.0 cm³/mol. The molecule has 1 aliphatic rings. The molecular weight excluding hydrogens is 328 g/mol. The van der Waals surface area contributed by atoms with Crippen LogP contribution in [0.15, 0.2) is 18.2 Å². The largest absolute Gasteiger partial charge is 0.504 e. The molecule has 0 amide bonds. The summed E-state index contributed by atoms with van der Waals surface area (Å²) < 4.78 is 16.3. The summed E-state index contributed by atoms with van der Waals surface area (Å²) in [5.41, 5.74) is 0.747. The van der Waals surface area contributed by atoms with E-state index in [0.717, 1.165) is 0 Å². The van der Waals surface area contributed by atoms with Crippen molar-refractivity contribution in [3.8, 4) is 34.5 Å². The van der Waals surface area contributed by atoms with Crippen LogP contribution in [0.25, 0.3) is 0 Å². The Labute approximate surface area is 144 Å². The number of phenols is 3. The summed E-state index contributed by atoms with van der Waals surface area (Å²) in [5.74, 6) is -1.20. The number of hydrogen-bond acceptors (Lipinski definition) is 7. The minimum Gasteiger partial charge on any atom is -0.504 e. The highest BCUT2D eigenvalue weighted by molar-refractivity contribution is 6.04. The maximum absolute atomic E-state index is 12.5. The van der Waals surface area contributed by atoms with Crippen LogP contribution in [0.5, 0.6) is 34.5 Å². The van der Waals surface area contributed by atoms with Gasteiger partial charge in [-0.1, -0.05) is 6.07 Å². The van der Waals surface area contributed by atoms with Gasteiger partial charge in [0, 0.05) is 5.56 Å². The Morgan fingerprint density at radius 2 is 1.72 bits per heavy atom. The average molecular weight is 346 g/mol. The van der Waals surface area contributed by atoms with Gasteiger partial charge in [0.25, 0.3) is 0 Å². The number of carbonyl (C=O) groups excluding carboxylic acids is 1. The molecule has 3 N–H and O–H groups in total. The highest BCUT2D eigenvalue weighted by atomic mass is 16.5. The molecule has 0 unspecified atom stereocenters. The van der Waals surface area contributed by atoms with E-state index in [2.05, 4.69) is 0 Å². The fourth-order valence-electron chi connectivity index (χ4n) is 2.91. The molecule has 25 heavy (non-hydrogen) atoms. The Balaban J connectivity index is 2.07. The number of methoxy groups -OCH3 is 2. The monoisotopic (exact) mass is 346 g/mol. The smallest absolute Gasteiger partial charge is 0.201 e. The van der Waals surface area contributed by atoms with Gasteiger partial charge in [0.15, 0.2) is 28.8 Å². The number of fused-ring (bicyclic) bond motifs is 1. The molecule has 0 bridgehead atoms. The molecule has 2 aromatic carbocycles. The van der Waals surface area contributed by atoms with Crippen LogP contribution in [-0.4, -0.2) is 35.3 Å². The first-order valence-electron chi connectivity index (χ1n) is 7.58. The van der Waals surface area contributed by atoms with Gasteiger partial charge >= 0.3 is 0 Å². The van der Waals surface area contributed by atoms with Crippen molar-refractivity contribution in [2.24, 2.45) is 0 Å². The van der Waals surface area contributed by atoms with Gasteiger partial charge in [0.05, 0.1) is 20.6 Å². The van der Waals surface area contributed by atoms with E-state index in [1.54, 1.807) is 18.2 Å². The lowest BCUT2D eigenvalue weighted by molar-refractivity contribution is 0.0840. The van der Waals surface area contributed by atoms with E-state index in [4.69, 9.17) is 14.2 Å². The van der Waals surface area contributed by atoms with Gasteiger partial charge in [-0.2, -0.15) is 0 Å². The minimum absolute atomic E-state index is 0.0281. The zero-order chi connectivity index (χ0) is 18.3. The first kappa shape index (κ1) is 16.8. The van der Waals surface area contributed by atoms with Gasteiger partial charge in [-0.15, -0.1) is 0 Å². The van der Waals surface area contributed by atoms with Crippen molar-refractivity contribution >= 4 is 5.78 Å². The summed E-state index contributed by atoms with van der Waals surface area (Å²) in [7, 11) is 3.03. The van der Waals surface area contributed by atoms with Gasteiger partial charge in [0.2, 0.25) is 5.75 Å². The van der Waals surface area contributed by atoms with Crippen LogP contribution in [0, 0.1) is 6.92 Å². The fourth-order valence-corrected chi connectivity index (χ4v) is 2.91. The quantitative estimate of drug-likeness (QED) is 0.734. The SMILES string of the molecule is COc1ccc([C@H]2CC(=O)c3c(O)c(O)c(O)c(C)c3O2)cc1OC. The van der Waals surface area contributed by atoms with Crippen LogP contribution < -0.4 is 14.2 Å². The van der Waals surface area contributed by atoms with Crippen LogP contribution in [-0.2, 0) is 0 Å². The first-order chi connectivity index (χ1) is 11.9. The zero-order valence-corrected chi connectivity index (χ0v) is 14.0. The van der Waals surface area contributed by atoms with Crippen molar-refractivity contribution in [3.05, 3.63) is 34.9 Å². The van der Waals surface area contributed by atoms with E-state index in [0.29, 0.717) is 17.1 Å². The molecule has 7 heteroatoms. The molecule has 0 saturated heterocycles. The van der Waals surface area contributed by atoms with Crippen LogP contribution in [0.4, 0.5) is 0 Å².